The molecule has 3 rings (SSSR count). The second kappa shape index (κ2) is 13.2. The number of hydrogen-bond acceptors (Lipinski definition) is 5. The van der Waals surface area contributed by atoms with E-state index in [0.717, 1.165) is 15.4 Å². The molecule has 1 N–H and O–H groups in total. The van der Waals surface area contributed by atoms with Gasteiger partial charge in [0.15, 0.2) is 0 Å². The molecule has 3 aromatic rings. The fraction of sp³-hybridized carbons (Fsp3) is 0.286. The number of benzene rings is 3. The van der Waals surface area contributed by atoms with Crippen LogP contribution in [0.25, 0.3) is 0 Å². The average molecular weight is 593 g/mol. The van der Waals surface area contributed by atoms with Crippen LogP contribution in [0.3, 0.4) is 0 Å². The van der Waals surface area contributed by atoms with Crippen molar-refractivity contribution in [1.82, 2.24) is 10.2 Å². The Labute approximate surface area is 239 Å². The van der Waals surface area contributed by atoms with Crippen LogP contribution in [0.2, 0.25) is 10.0 Å². The minimum Gasteiger partial charge on any atom is -0.497 e. The summed E-state index contributed by atoms with van der Waals surface area (Å²) in [5.41, 5.74) is 1.78. The first kappa shape index (κ1) is 30.3. The molecule has 0 bridgehead atoms. The van der Waals surface area contributed by atoms with Crippen molar-refractivity contribution in [3.8, 4) is 5.75 Å². The van der Waals surface area contributed by atoms with Crippen LogP contribution in [-0.2, 0) is 26.2 Å². The Morgan fingerprint density at radius 3 is 2.18 bits per heavy atom. The summed E-state index contributed by atoms with van der Waals surface area (Å²) < 4.78 is 33.8. The minimum absolute atomic E-state index is 0.00505. The molecule has 0 aromatic heterocycles. The number of sulfonamides is 1. The Morgan fingerprint density at radius 1 is 0.974 bits per heavy atom. The number of amides is 2. The maximum atomic E-state index is 13.8. The molecular formula is C28H31Cl2N3O5S. The second-order valence-electron chi connectivity index (χ2n) is 8.86. The lowest BCUT2D eigenvalue weighted by Crippen LogP contribution is -2.51. The molecule has 0 fully saturated rings. The van der Waals surface area contributed by atoms with E-state index in [0.29, 0.717) is 12.3 Å². The summed E-state index contributed by atoms with van der Waals surface area (Å²) in [6, 6.07) is 16.8. The Kier molecular flexibility index (Phi) is 10.2. The van der Waals surface area contributed by atoms with Gasteiger partial charge in [0.2, 0.25) is 11.8 Å². The van der Waals surface area contributed by atoms with Crippen molar-refractivity contribution in [3.05, 3.63) is 87.9 Å². The Hall–Kier alpha value is -3.27. The molecule has 39 heavy (non-hydrogen) atoms. The molecule has 0 heterocycles. The summed E-state index contributed by atoms with van der Waals surface area (Å²) in [6.07, 6.45) is 0. The molecule has 11 heteroatoms. The van der Waals surface area contributed by atoms with E-state index >= 15 is 0 Å². The van der Waals surface area contributed by atoms with Crippen LogP contribution in [0.1, 0.15) is 25.0 Å². The Morgan fingerprint density at radius 2 is 1.62 bits per heavy atom. The molecule has 2 amide bonds. The van der Waals surface area contributed by atoms with Crippen LogP contribution in [-0.4, -0.2) is 51.4 Å². The van der Waals surface area contributed by atoms with E-state index < -0.39 is 28.5 Å². The Balaban J connectivity index is 2.04. The lowest BCUT2D eigenvalue weighted by atomic mass is 10.1. The van der Waals surface area contributed by atoms with Crippen molar-refractivity contribution >= 4 is 50.7 Å². The zero-order chi connectivity index (χ0) is 28.7. The van der Waals surface area contributed by atoms with Crippen LogP contribution < -0.4 is 14.4 Å². The van der Waals surface area contributed by atoms with Gasteiger partial charge in [0, 0.05) is 13.1 Å². The number of halogens is 2. The highest BCUT2D eigenvalue weighted by molar-refractivity contribution is 7.92. The van der Waals surface area contributed by atoms with Gasteiger partial charge < -0.3 is 15.0 Å². The van der Waals surface area contributed by atoms with Crippen molar-refractivity contribution in [3.63, 3.8) is 0 Å². The lowest BCUT2D eigenvalue weighted by molar-refractivity contribution is -0.139. The maximum Gasteiger partial charge on any atom is 0.264 e. The zero-order valence-corrected chi connectivity index (χ0v) is 24.5. The highest BCUT2D eigenvalue weighted by atomic mass is 35.5. The van der Waals surface area contributed by atoms with E-state index in [1.807, 2.05) is 6.92 Å². The van der Waals surface area contributed by atoms with Crippen molar-refractivity contribution < 1.29 is 22.7 Å². The predicted molar refractivity (Wildman–Crippen MR) is 154 cm³/mol. The number of carbonyl (C=O) groups is 2. The number of nitrogens with one attached hydrogen (secondary N) is 1. The summed E-state index contributed by atoms with van der Waals surface area (Å²) in [5, 5.41) is 3.10. The van der Waals surface area contributed by atoms with Crippen molar-refractivity contribution in [1.29, 1.82) is 0 Å². The molecule has 0 saturated carbocycles. The quantitative estimate of drug-likeness (QED) is 0.336. The minimum atomic E-state index is -4.20. The molecule has 8 nitrogen and oxygen atoms in total. The van der Waals surface area contributed by atoms with Crippen LogP contribution in [0.5, 0.6) is 5.75 Å². The van der Waals surface area contributed by atoms with Gasteiger partial charge >= 0.3 is 0 Å². The van der Waals surface area contributed by atoms with Crippen LogP contribution in [0.4, 0.5) is 5.69 Å². The smallest absolute Gasteiger partial charge is 0.264 e. The summed E-state index contributed by atoms with van der Waals surface area (Å²) in [7, 11) is -2.65. The zero-order valence-electron chi connectivity index (χ0n) is 22.1. The number of ether oxygens (including phenoxy) is 1. The molecule has 0 aliphatic rings. The van der Waals surface area contributed by atoms with E-state index in [-0.39, 0.29) is 33.1 Å². The number of hydrogen-bond donors (Lipinski definition) is 1. The third-order valence-corrected chi connectivity index (χ3v) is 8.64. The summed E-state index contributed by atoms with van der Waals surface area (Å²) in [5.74, 6) is -0.295. The van der Waals surface area contributed by atoms with Gasteiger partial charge in [-0.2, -0.15) is 0 Å². The first-order chi connectivity index (χ1) is 18.5. The fourth-order valence-corrected chi connectivity index (χ4v) is 5.54. The van der Waals surface area contributed by atoms with E-state index in [9.17, 15) is 18.0 Å². The van der Waals surface area contributed by atoms with Gasteiger partial charge in [-0.1, -0.05) is 53.0 Å². The lowest BCUT2D eigenvalue weighted by Gasteiger charge is -2.32. The van der Waals surface area contributed by atoms with Crippen LogP contribution in [0.15, 0.2) is 71.6 Å². The van der Waals surface area contributed by atoms with Gasteiger partial charge in [-0.15, -0.1) is 0 Å². The molecule has 208 valence electrons. The number of aryl methyl sites for hydroxylation is 1. The molecule has 0 aliphatic heterocycles. The third kappa shape index (κ3) is 7.44. The summed E-state index contributed by atoms with van der Waals surface area (Å²) >= 11 is 12.3. The summed E-state index contributed by atoms with van der Waals surface area (Å²) in [4.78, 5) is 28.0. The Bertz CT molecular complexity index is 1410. The number of anilines is 1. The van der Waals surface area contributed by atoms with Crippen LogP contribution in [0, 0.1) is 6.92 Å². The number of nitrogens with zero attached hydrogens (tertiary/aromatic N) is 2. The van der Waals surface area contributed by atoms with Gasteiger partial charge in [0.25, 0.3) is 10.0 Å². The van der Waals surface area contributed by atoms with E-state index in [1.54, 1.807) is 57.4 Å². The van der Waals surface area contributed by atoms with E-state index in [2.05, 4.69) is 5.32 Å². The normalized spacial score (nSPS) is 11.9. The molecule has 1 atom stereocenters. The molecule has 0 unspecified atom stereocenters. The first-order valence-corrected chi connectivity index (χ1v) is 14.4. The van der Waals surface area contributed by atoms with Crippen molar-refractivity contribution in [2.75, 3.05) is 24.5 Å². The predicted octanol–water partition coefficient (Wildman–Crippen LogP) is 5.06. The number of carbonyl (C=O) groups excluding carboxylic acids is 2. The maximum absolute atomic E-state index is 13.8. The van der Waals surface area contributed by atoms with Gasteiger partial charge in [-0.05, 0) is 68.8 Å². The monoisotopic (exact) mass is 591 g/mol. The van der Waals surface area contributed by atoms with Gasteiger partial charge in [-0.3, -0.25) is 13.9 Å². The molecule has 0 saturated heterocycles. The number of methoxy groups -OCH3 is 1. The number of rotatable bonds is 11. The second-order valence-corrected chi connectivity index (χ2v) is 11.5. The fourth-order valence-electron chi connectivity index (χ4n) is 3.84. The van der Waals surface area contributed by atoms with Gasteiger partial charge in [-0.25, -0.2) is 8.42 Å². The number of likely N-dealkylation sites (N-methyl/N-ethyl adjacent to an activating group) is 1. The molecule has 0 aliphatic carbocycles. The summed E-state index contributed by atoms with van der Waals surface area (Å²) in [6.45, 7) is 5.10. The highest BCUT2D eigenvalue weighted by Gasteiger charge is 2.32. The average Bonchev–Trinajstić information content (AvgIpc) is 2.92. The van der Waals surface area contributed by atoms with E-state index in [1.165, 1.54) is 35.2 Å². The SMILES string of the molecule is CCNC(=O)[C@@H](C)N(Cc1ccc(OC)cc1)C(=O)CN(c1ccc(Cl)c(Cl)c1)S(=O)(=O)c1ccc(C)cc1. The molecular weight excluding hydrogens is 561 g/mol. The van der Waals surface area contributed by atoms with Crippen LogP contribution >= 0.6 is 23.2 Å². The van der Waals surface area contributed by atoms with Crippen molar-refractivity contribution in [2.45, 2.75) is 38.3 Å². The topological polar surface area (TPSA) is 96.0 Å². The third-order valence-electron chi connectivity index (χ3n) is 6.11. The van der Waals surface area contributed by atoms with E-state index in [4.69, 9.17) is 27.9 Å². The van der Waals surface area contributed by atoms with Crippen molar-refractivity contribution in [2.24, 2.45) is 0 Å². The molecule has 0 radical (unpaired) electrons. The first-order valence-electron chi connectivity index (χ1n) is 12.2. The molecule has 3 aromatic carbocycles. The highest BCUT2D eigenvalue weighted by Crippen LogP contribution is 2.31. The molecule has 0 spiro atoms. The van der Waals surface area contributed by atoms with Gasteiger partial charge in [0.1, 0.15) is 18.3 Å². The van der Waals surface area contributed by atoms with Gasteiger partial charge in [0.05, 0.1) is 27.7 Å². The standard InChI is InChI=1S/C28H31Cl2N3O5S/c1-5-31-28(35)20(3)32(17-21-8-11-23(38-4)12-9-21)27(34)18-33(22-10-15-25(29)26(30)16-22)39(36,37)24-13-6-19(2)7-14-24/h6-16,20H,5,17-18H2,1-4H3,(H,31,35)/t20-/m1/s1. The largest absolute Gasteiger partial charge is 0.497 e.